The number of nitrogens with zero attached hydrogens (tertiary/aromatic N) is 5. The predicted molar refractivity (Wildman–Crippen MR) is 109 cm³/mol. The molecule has 30 heavy (non-hydrogen) atoms. The van der Waals surface area contributed by atoms with Crippen molar-refractivity contribution in [1.82, 2.24) is 20.2 Å². The largest absolute Gasteiger partial charge is 0.497 e. The Morgan fingerprint density at radius 3 is 2.47 bits per heavy atom. The number of guanidine groups is 1. The molecule has 0 unspecified atom stereocenters. The molecule has 0 amide bonds. The van der Waals surface area contributed by atoms with Gasteiger partial charge in [-0.25, -0.2) is 15.0 Å². The molecule has 0 radical (unpaired) electrons. The fourth-order valence-electron chi connectivity index (χ4n) is 3.24. The molecule has 10 heteroatoms. The summed E-state index contributed by atoms with van der Waals surface area (Å²) in [5, 5.41) is 3.18. The van der Waals surface area contributed by atoms with Crippen molar-refractivity contribution in [2.75, 3.05) is 44.7 Å². The van der Waals surface area contributed by atoms with Crippen molar-refractivity contribution in [2.24, 2.45) is 4.99 Å². The number of ether oxygens (including phenoxy) is 1. The molecule has 3 rings (SSSR count). The molecule has 0 aliphatic carbocycles. The maximum Gasteiger partial charge on any atom is 0.416 e. The van der Waals surface area contributed by atoms with Gasteiger partial charge in [0.25, 0.3) is 0 Å². The number of methoxy groups -OCH3 is 1. The van der Waals surface area contributed by atoms with Crippen LogP contribution in [0.2, 0.25) is 0 Å². The second kappa shape index (κ2) is 9.64. The van der Waals surface area contributed by atoms with Crippen LogP contribution in [-0.2, 0) is 12.7 Å². The number of piperazine rings is 1. The first-order valence-electron chi connectivity index (χ1n) is 9.71. The van der Waals surface area contributed by atoms with Gasteiger partial charge in [0.15, 0.2) is 5.96 Å². The molecule has 0 atom stereocenters. The molecule has 1 saturated heterocycles. The number of benzene rings is 1. The standard InChI is InChI=1S/C20H25F3N6O/c1-3-24-18(28-9-11-29(12-10-28)19-25-7-4-8-26-19)27-14-15-5-6-16(30-2)13-17(15)20(21,22)23/h4-8,13H,3,9-12,14H2,1-2H3,(H,24,27). The van der Waals surface area contributed by atoms with Crippen molar-refractivity contribution < 1.29 is 17.9 Å². The summed E-state index contributed by atoms with van der Waals surface area (Å²) in [5.41, 5.74) is -0.623. The van der Waals surface area contributed by atoms with Gasteiger partial charge in [-0.05, 0) is 30.7 Å². The molecule has 1 N–H and O–H groups in total. The van der Waals surface area contributed by atoms with Crippen molar-refractivity contribution in [3.8, 4) is 5.75 Å². The molecule has 7 nitrogen and oxygen atoms in total. The SMILES string of the molecule is CCNC(=NCc1ccc(OC)cc1C(F)(F)F)N1CCN(c2ncccn2)CC1. The number of nitrogens with one attached hydrogen (secondary N) is 1. The van der Waals surface area contributed by atoms with E-state index in [9.17, 15) is 13.2 Å². The molecule has 0 spiro atoms. The second-order valence-electron chi connectivity index (χ2n) is 6.71. The van der Waals surface area contributed by atoms with Crippen LogP contribution in [0.4, 0.5) is 19.1 Å². The number of hydrogen-bond donors (Lipinski definition) is 1. The summed E-state index contributed by atoms with van der Waals surface area (Å²) in [6, 6.07) is 5.71. The minimum absolute atomic E-state index is 0.0802. The summed E-state index contributed by atoms with van der Waals surface area (Å²) < 4.78 is 45.3. The van der Waals surface area contributed by atoms with Gasteiger partial charge in [-0.2, -0.15) is 13.2 Å². The molecular weight excluding hydrogens is 397 g/mol. The van der Waals surface area contributed by atoms with Crippen molar-refractivity contribution in [1.29, 1.82) is 0 Å². The van der Waals surface area contributed by atoms with E-state index in [2.05, 4.69) is 25.2 Å². The van der Waals surface area contributed by atoms with Crippen molar-refractivity contribution in [2.45, 2.75) is 19.6 Å². The predicted octanol–water partition coefficient (Wildman–Crippen LogP) is 2.79. The highest BCUT2D eigenvalue weighted by atomic mass is 19.4. The van der Waals surface area contributed by atoms with Gasteiger partial charge in [0.2, 0.25) is 5.95 Å². The van der Waals surface area contributed by atoms with Crippen LogP contribution in [0.25, 0.3) is 0 Å². The smallest absolute Gasteiger partial charge is 0.416 e. The molecular formula is C20H25F3N6O. The first-order valence-corrected chi connectivity index (χ1v) is 9.71. The van der Waals surface area contributed by atoms with E-state index in [0.29, 0.717) is 44.6 Å². The van der Waals surface area contributed by atoms with Gasteiger partial charge in [-0.1, -0.05) is 6.07 Å². The van der Waals surface area contributed by atoms with E-state index in [1.807, 2.05) is 11.8 Å². The lowest BCUT2D eigenvalue weighted by Crippen LogP contribution is -2.53. The summed E-state index contributed by atoms with van der Waals surface area (Å²) >= 11 is 0. The van der Waals surface area contributed by atoms with Gasteiger partial charge in [0, 0.05) is 45.1 Å². The lowest BCUT2D eigenvalue weighted by molar-refractivity contribution is -0.138. The highest BCUT2D eigenvalue weighted by Gasteiger charge is 2.33. The van der Waals surface area contributed by atoms with Crippen LogP contribution in [0.5, 0.6) is 5.75 Å². The van der Waals surface area contributed by atoms with Crippen molar-refractivity contribution in [3.05, 3.63) is 47.8 Å². The topological polar surface area (TPSA) is 65.9 Å². The maximum absolute atomic E-state index is 13.4. The van der Waals surface area contributed by atoms with E-state index in [0.717, 1.165) is 6.07 Å². The zero-order valence-corrected chi connectivity index (χ0v) is 17.0. The molecule has 1 aliphatic rings. The van der Waals surface area contributed by atoms with Crippen LogP contribution >= 0.6 is 0 Å². The van der Waals surface area contributed by atoms with Gasteiger partial charge in [-0.3, -0.25) is 0 Å². The quantitative estimate of drug-likeness (QED) is 0.591. The fraction of sp³-hybridized carbons (Fsp3) is 0.450. The summed E-state index contributed by atoms with van der Waals surface area (Å²) in [4.78, 5) is 17.1. The molecule has 1 aromatic carbocycles. The second-order valence-corrected chi connectivity index (χ2v) is 6.71. The van der Waals surface area contributed by atoms with E-state index < -0.39 is 11.7 Å². The molecule has 0 bridgehead atoms. The Bertz CT molecular complexity index is 851. The summed E-state index contributed by atoms with van der Waals surface area (Å²) in [5.74, 6) is 1.43. The Morgan fingerprint density at radius 2 is 1.87 bits per heavy atom. The Hall–Kier alpha value is -3.04. The molecule has 1 aromatic heterocycles. The Balaban J connectivity index is 1.73. The van der Waals surface area contributed by atoms with Gasteiger partial charge in [-0.15, -0.1) is 0 Å². The van der Waals surface area contributed by atoms with Crippen LogP contribution in [0.3, 0.4) is 0 Å². The van der Waals surface area contributed by atoms with Crippen molar-refractivity contribution in [3.63, 3.8) is 0 Å². The third-order valence-corrected chi connectivity index (χ3v) is 4.77. The van der Waals surface area contributed by atoms with E-state index in [-0.39, 0.29) is 17.9 Å². The van der Waals surface area contributed by atoms with Crippen LogP contribution in [0.1, 0.15) is 18.1 Å². The Kier molecular flexibility index (Phi) is 6.96. The Labute approximate surface area is 173 Å². The molecule has 162 valence electrons. The Morgan fingerprint density at radius 1 is 1.17 bits per heavy atom. The summed E-state index contributed by atoms with van der Waals surface area (Å²) in [6.07, 6.45) is -1.07. The third kappa shape index (κ3) is 5.31. The van der Waals surface area contributed by atoms with Crippen LogP contribution in [0, 0.1) is 0 Å². The summed E-state index contributed by atoms with van der Waals surface area (Å²) in [7, 11) is 1.34. The highest BCUT2D eigenvalue weighted by Crippen LogP contribution is 2.34. The van der Waals surface area contributed by atoms with Crippen LogP contribution in [0.15, 0.2) is 41.7 Å². The lowest BCUT2D eigenvalue weighted by Gasteiger charge is -2.36. The first-order chi connectivity index (χ1) is 14.4. The monoisotopic (exact) mass is 422 g/mol. The molecule has 1 fully saturated rings. The van der Waals surface area contributed by atoms with Gasteiger partial charge in [0.05, 0.1) is 19.2 Å². The van der Waals surface area contributed by atoms with Gasteiger partial charge in [0.1, 0.15) is 5.75 Å². The zero-order valence-electron chi connectivity index (χ0n) is 17.0. The molecule has 2 heterocycles. The van der Waals surface area contributed by atoms with Gasteiger partial charge < -0.3 is 19.9 Å². The van der Waals surface area contributed by atoms with Crippen LogP contribution in [-0.4, -0.2) is 60.7 Å². The normalized spacial score (nSPS) is 15.3. The number of rotatable bonds is 5. The van der Waals surface area contributed by atoms with Crippen LogP contribution < -0.4 is 15.0 Å². The van der Waals surface area contributed by atoms with Crippen molar-refractivity contribution >= 4 is 11.9 Å². The number of aromatic nitrogens is 2. The average molecular weight is 422 g/mol. The minimum atomic E-state index is -4.47. The number of hydrogen-bond acceptors (Lipinski definition) is 5. The van der Waals surface area contributed by atoms with E-state index >= 15 is 0 Å². The van der Waals surface area contributed by atoms with E-state index in [1.54, 1.807) is 18.5 Å². The summed E-state index contributed by atoms with van der Waals surface area (Å²) in [6.45, 7) is 5.20. The molecule has 1 aliphatic heterocycles. The minimum Gasteiger partial charge on any atom is -0.497 e. The fourth-order valence-corrected chi connectivity index (χ4v) is 3.24. The zero-order chi connectivity index (χ0) is 21.6. The molecule has 0 saturated carbocycles. The first kappa shape index (κ1) is 21.7. The number of alkyl halides is 3. The molecule has 2 aromatic rings. The van der Waals surface area contributed by atoms with E-state index in [4.69, 9.17) is 4.74 Å². The van der Waals surface area contributed by atoms with Gasteiger partial charge >= 0.3 is 6.18 Å². The number of halogens is 3. The highest BCUT2D eigenvalue weighted by molar-refractivity contribution is 5.80. The maximum atomic E-state index is 13.4. The lowest BCUT2D eigenvalue weighted by atomic mass is 10.1. The third-order valence-electron chi connectivity index (χ3n) is 4.77. The number of anilines is 1. The average Bonchev–Trinajstić information content (AvgIpc) is 2.76. The number of aliphatic imine (C=N–C) groups is 1. The van der Waals surface area contributed by atoms with E-state index in [1.165, 1.54) is 19.2 Å².